The van der Waals surface area contributed by atoms with Gasteiger partial charge in [0.05, 0.1) is 12.0 Å². The van der Waals surface area contributed by atoms with Crippen LogP contribution < -0.4 is 15.4 Å². The van der Waals surface area contributed by atoms with Gasteiger partial charge in [0.15, 0.2) is 0 Å². The van der Waals surface area contributed by atoms with Crippen LogP contribution in [0.4, 0.5) is 26.7 Å². The number of anilines is 2. The molecule has 166 valence electrons. The summed E-state index contributed by atoms with van der Waals surface area (Å²) in [6.07, 6.45) is -0.465. The Morgan fingerprint density at radius 3 is 2.19 bits per heavy atom. The molecule has 0 aliphatic heterocycles. The molecule has 0 aliphatic carbocycles. The number of ether oxygens (including phenoxy) is 2. The second kappa shape index (κ2) is 10.3. The Labute approximate surface area is 179 Å². The highest BCUT2D eigenvalue weighted by atomic mass is 16.6. The first-order valence-corrected chi connectivity index (χ1v) is 9.63. The molecule has 0 fully saturated rings. The van der Waals surface area contributed by atoms with Crippen molar-refractivity contribution < 1.29 is 29.1 Å². The molecule has 10 heteroatoms. The number of hydrogen-bond acceptors (Lipinski definition) is 6. The van der Waals surface area contributed by atoms with Crippen LogP contribution in [0.15, 0.2) is 42.5 Å². The third-order valence-corrected chi connectivity index (χ3v) is 4.97. The van der Waals surface area contributed by atoms with Gasteiger partial charge in [0.2, 0.25) is 0 Å². The lowest BCUT2D eigenvalue weighted by atomic mass is 9.88. The summed E-state index contributed by atoms with van der Waals surface area (Å²) in [7, 11) is 1.48. The molecule has 0 unspecified atom stereocenters. The van der Waals surface area contributed by atoms with Crippen molar-refractivity contribution in [1.82, 2.24) is 0 Å². The number of non-ortho nitro benzene ring substituents is 1. The van der Waals surface area contributed by atoms with E-state index >= 15 is 0 Å². The van der Waals surface area contributed by atoms with Gasteiger partial charge in [-0.05, 0) is 36.6 Å². The molecule has 0 aliphatic rings. The van der Waals surface area contributed by atoms with Gasteiger partial charge in [-0.25, -0.2) is 9.59 Å². The van der Waals surface area contributed by atoms with Crippen LogP contribution in [0.25, 0.3) is 0 Å². The van der Waals surface area contributed by atoms with E-state index in [0.717, 1.165) is 5.56 Å². The van der Waals surface area contributed by atoms with Gasteiger partial charge in [-0.15, -0.1) is 0 Å². The molecule has 0 bridgehead atoms. The van der Waals surface area contributed by atoms with Crippen molar-refractivity contribution in [2.75, 3.05) is 17.7 Å². The number of nitrogens with zero attached hydrogens (tertiary/aromatic N) is 1. The summed E-state index contributed by atoms with van der Waals surface area (Å²) in [5, 5.41) is 24.5. The van der Waals surface area contributed by atoms with Crippen LogP contribution >= 0.6 is 0 Å². The molecular weight excluding hydrogens is 406 g/mol. The van der Waals surface area contributed by atoms with Crippen molar-refractivity contribution in [2.24, 2.45) is 0 Å². The normalized spacial score (nSPS) is 10.8. The summed E-state index contributed by atoms with van der Waals surface area (Å²) in [5.74, 6) is 0.469. The van der Waals surface area contributed by atoms with Crippen molar-refractivity contribution >= 4 is 29.2 Å². The lowest BCUT2D eigenvalue weighted by Crippen LogP contribution is -2.38. The van der Waals surface area contributed by atoms with E-state index < -0.39 is 22.7 Å². The molecule has 31 heavy (non-hydrogen) atoms. The first-order valence-electron chi connectivity index (χ1n) is 9.63. The second-order valence-electron chi connectivity index (χ2n) is 6.84. The molecule has 0 radical (unpaired) electrons. The Balaban J connectivity index is 2.16. The van der Waals surface area contributed by atoms with Gasteiger partial charge in [-0.3, -0.25) is 20.7 Å². The van der Waals surface area contributed by atoms with Crippen molar-refractivity contribution in [2.45, 2.75) is 38.7 Å². The molecule has 3 N–H and O–H groups in total. The summed E-state index contributed by atoms with van der Waals surface area (Å²) < 4.78 is 11.2. The highest BCUT2D eigenvalue weighted by Gasteiger charge is 2.32. The Morgan fingerprint density at radius 1 is 1.06 bits per heavy atom. The molecule has 2 rings (SSSR count). The number of nitro groups is 1. The van der Waals surface area contributed by atoms with E-state index in [4.69, 9.17) is 14.6 Å². The molecular formula is C21H25N3O7. The fourth-order valence-electron chi connectivity index (χ4n) is 3.13. The topological polar surface area (TPSA) is 140 Å². The van der Waals surface area contributed by atoms with E-state index in [0.29, 0.717) is 36.4 Å². The molecule has 0 saturated carbocycles. The number of carbonyl (C=O) groups is 2. The molecule has 2 aromatic carbocycles. The Hall–Kier alpha value is -3.82. The number of amides is 2. The molecule has 0 saturated heterocycles. The number of hydrogen-bond donors (Lipinski definition) is 3. The Morgan fingerprint density at radius 2 is 1.68 bits per heavy atom. The van der Waals surface area contributed by atoms with E-state index in [1.54, 1.807) is 18.2 Å². The van der Waals surface area contributed by atoms with Crippen LogP contribution in [-0.2, 0) is 11.2 Å². The van der Waals surface area contributed by atoms with E-state index in [1.165, 1.54) is 31.4 Å². The molecule has 0 atom stereocenters. The quantitative estimate of drug-likeness (QED) is 0.373. The van der Waals surface area contributed by atoms with Crippen LogP contribution in [0.1, 0.15) is 32.3 Å². The highest BCUT2D eigenvalue weighted by molar-refractivity contribution is 5.85. The predicted octanol–water partition coefficient (Wildman–Crippen LogP) is 5.04. The second-order valence-corrected chi connectivity index (χ2v) is 6.84. The lowest BCUT2D eigenvalue weighted by Gasteiger charge is -2.32. The van der Waals surface area contributed by atoms with E-state index in [1.807, 2.05) is 13.8 Å². The average Bonchev–Trinajstić information content (AvgIpc) is 2.74. The number of benzene rings is 2. The van der Waals surface area contributed by atoms with Crippen LogP contribution in [0.5, 0.6) is 5.75 Å². The third-order valence-electron chi connectivity index (χ3n) is 4.97. The highest BCUT2D eigenvalue weighted by Crippen LogP contribution is 2.32. The maximum atomic E-state index is 12.5. The zero-order chi connectivity index (χ0) is 23.0. The Kier molecular flexibility index (Phi) is 7.78. The summed E-state index contributed by atoms with van der Waals surface area (Å²) in [4.78, 5) is 33.6. The first-order chi connectivity index (χ1) is 14.7. The number of nitro benzene ring substituents is 1. The molecule has 0 spiro atoms. The van der Waals surface area contributed by atoms with Crippen LogP contribution in [0.3, 0.4) is 0 Å². The maximum Gasteiger partial charge on any atom is 0.412 e. The minimum Gasteiger partial charge on any atom is -0.496 e. The van der Waals surface area contributed by atoms with Crippen LogP contribution in [0, 0.1) is 10.1 Å². The van der Waals surface area contributed by atoms with Gasteiger partial charge in [0.25, 0.3) is 5.69 Å². The number of rotatable bonds is 9. The lowest BCUT2D eigenvalue weighted by molar-refractivity contribution is -0.384. The number of methoxy groups -OCH3 is 1. The summed E-state index contributed by atoms with van der Waals surface area (Å²) in [5.41, 5.74) is 0.579. The van der Waals surface area contributed by atoms with Gasteiger partial charge < -0.3 is 14.6 Å². The predicted molar refractivity (Wildman–Crippen MR) is 115 cm³/mol. The SMILES string of the molecule is CCC(CC)(Cc1ccc(NC(=O)O)cc1OC)OC(=O)Nc1ccc([N+](=O)[O-])cc1. The zero-order valence-corrected chi connectivity index (χ0v) is 17.5. The molecule has 2 aromatic rings. The third kappa shape index (κ3) is 6.33. The van der Waals surface area contributed by atoms with E-state index in [-0.39, 0.29) is 5.69 Å². The minimum atomic E-state index is -1.18. The number of carboxylic acid groups (broad SMARTS) is 1. The van der Waals surface area contributed by atoms with Gasteiger partial charge >= 0.3 is 12.2 Å². The average molecular weight is 431 g/mol. The van der Waals surface area contributed by atoms with Crippen molar-refractivity contribution in [3.05, 3.63) is 58.1 Å². The molecule has 2 amide bonds. The largest absolute Gasteiger partial charge is 0.496 e. The number of nitrogens with one attached hydrogen (secondary N) is 2. The minimum absolute atomic E-state index is 0.0803. The zero-order valence-electron chi connectivity index (χ0n) is 17.5. The van der Waals surface area contributed by atoms with Crippen molar-refractivity contribution in [3.63, 3.8) is 0 Å². The summed E-state index contributed by atoms with van der Waals surface area (Å²) >= 11 is 0. The maximum absolute atomic E-state index is 12.5. The van der Waals surface area contributed by atoms with Crippen LogP contribution in [0.2, 0.25) is 0 Å². The smallest absolute Gasteiger partial charge is 0.412 e. The molecule has 10 nitrogen and oxygen atoms in total. The summed E-state index contributed by atoms with van der Waals surface area (Å²) in [6, 6.07) is 10.3. The van der Waals surface area contributed by atoms with Gasteiger partial charge in [0, 0.05) is 36.0 Å². The summed E-state index contributed by atoms with van der Waals surface area (Å²) in [6.45, 7) is 3.80. The fraction of sp³-hybridized carbons (Fsp3) is 0.333. The van der Waals surface area contributed by atoms with Crippen LogP contribution in [-0.4, -0.2) is 34.9 Å². The monoisotopic (exact) mass is 431 g/mol. The number of carbonyl (C=O) groups excluding carboxylic acids is 1. The van der Waals surface area contributed by atoms with Crippen molar-refractivity contribution in [1.29, 1.82) is 0 Å². The van der Waals surface area contributed by atoms with Gasteiger partial charge in [0.1, 0.15) is 11.4 Å². The first kappa shape index (κ1) is 23.5. The fourth-order valence-corrected chi connectivity index (χ4v) is 3.13. The molecule has 0 aromatic heterocycles. The van der Waals surface area contributed by atoms with Gasteiger partial charge in [-0.2, -0.15) is 0 Å². The van der Waals surface area contributed by atoms with E-state index in [9.17, 15) is 19.7 Å². The van der Waals surface area contributed by atoms with Gasteiger partial charge in [-0.1, -0.05) is 19.9 Å². The Bertz CT molecular complexity index is 940. The van der Waals surface area contributed by atoms with E-state index in [2.05, 4.69) is 10.6 Å². The molecule has 0 heterocycles. The standard InChI is InChI=1S/C21H25N3O7/c1-4-21(5-2,13-14-6-7-16(22-19(25)26)12-18(14)30-3)31-20(27)23-15-8-10-17(11-9-15)24(28)29/h6-12,22H,4-5,13H2,1-3H3,(H,23,27)(H,25,26). The van der Waals surface area contributed by atoms with Crippen molar-refractivity contribution in [3.8, 4) is 5.75 Å².